The average Bonchev–Trinajstić information content (AvgIpc) is 2.39. The molecule has 0 unspecified atom stereocenters. The van der Waals surface area contributed by atoms with E-state index in [9.17, 15) is 12.8 Å². The maximum Gasteiger partial charge on any atom is 0.241 e. The van der Waals surface area contributed by atoms with Crippen LogP contribution in [-0.2, 0) is 10.0 Å². The van der Waals surface area contributed by atoms with Crippen LogP contribution in [0.25, 0.3) is 0 Å². The van der Waals surface area contributed by atoms with E-state index in [4.69, 9.17) is 0 Å². The van der Waals surface area contributed by atoms with Crippen molar-refractivity contribution in [3.63, 3.8) is 0 Å². The second-order valence-corrected chi connectivity index (χ2v) is 6.98. The van der Waals surface area contributed by atoms with Crippen molar-refractivity contribution in [3.8, 4) is 0 Å². The Kier molecular flexibility index (Phi) is 4.57. The summed E-state index contributed by atoms with van der Waals surface area (Å²) in [7, 11) is -3.74. The molecule has 0 aliphatic rings. The third-order valence-corrected chi connectivity index (χ3v) is 4.88. The summed E-state index contributed by atoms with van der Waals surface area (Å²) in [6.45, 7) is 1.74. The van der Waals surface area contributed by atoms with E-state index in [1.54, 1.807) is 6.92 Å². The molecular weight excluding hydrogens is 345 g/mol. The maximum absolute atomic E-state index is 13.1. The minimum atomic E-state index is -3.74. The summed E-state index contributed by atoms with van der Waals surface area (Å²) in [5.74, 6) is -0.579. The zero-order chi connectivity index (χ0) is 14.8. The van der Waals surface area contributed by atoms with E-state index in [2.05, 4.69) is 20.7 Å². The molecule has 2 aromatic carbocycles. The first-order valence-electron chi connectivity index (χ1n) is 5.92. The highest BCUT2D eigenvalue weighted by molar-refractivity contribution is 9.10. The minimum absolute atomic E-state index is 0.0820. The Bertz CT molecular complexity index is 701. The smallest absolute Gasteiger partial charge is 0.207 e. The number of hydrogen-bond donors (Lipinski definition) is 1. The van der Waals surface area contributed by atoms with Crippen LogP contribution in [0.5, 0.6) is 0 Å². The zero-order valence-electron chi connectivity index (χ0n) is 10.7. The SMILES string of the molecule is C[C@H](NS(=O)(=O)c1cccc(F)c1)c1ccc(Br)cc1. The molecule has 106 valence electrons. The summed E-state index contributed by atoms with van der Waals surface area (Å²) in [6, 6.07) is 11.8. The standard InChI is InChI=1S/C14H13BrFNO2S/c1-10(11-5-7-12(15)8-6-11)17-20(18,19)14-4-2-3-13(16)9-14/h2-10,17H,1H3/t10-/m0/s1. The van der Waals surface area contributed by atoms with Gasteiger partial charge >= 0.3 is 0 Å². The van der Waals surface area contributed by atoms with Gasteiger partial charge in [-0.25, -0.2) is 17.5 Å². The van der Waals surface area contributed by atoms with Crippen molar-refractivity contribution in [1.82, 2.24) is 4.72 Å². The molecule has 6 heteroatoms. The van der Waals surface area contributed by atoms with Gasteiger partial charge in [0.2, 0.25) is 10.0 Å². The van der Waals surface area contributed by atoms with Crippen LogP contribution in [0.3, 0.4) is 0 Å². The molecule has 0 heterocycles. The summed E-state index contributed by atoms with van der Waals surface area (Å²) in [4.78, 5) is -0.0820. The third kappa shape index (κ3) is 3.65. The first-order chi connectivity index (χ1) is 9.38. The molecule has 1 N–H and O–H groups in total. The van der Waals surface area contributed by atoms with E-state index in [0.29, 0.717) is 0 Å². The molecule has 20 heavy (non-hydrogen) atoms. The molecule has 0 aromatic heterocycles. The predicted molar refractivity (Wildman–Crippen MR) is 79.3 cm³/mol. The molecule has 2 rings (SSSR count). The van der Waals surface area contributed by atoms with Crippen LogP contribution >= 0.6 is 15.9 Å². The van der Waals surface area contributed by atoms with Gasteiger partial charge in [0.1, 0.15) is 5.82 Å². The summed E-state index contributed by atoms with van der Waals surface area (Å²) >= 11 is 3.32. The summed E-state index contributed by atoms with van der Waals surface area (Å²) in [5.41, 5.74) is 0.827. The third-order valence-electron chi connectivity index (χ3n) is 2.81. The maximum atomic E-state index is 13.1. The average molecular weight is 358 g/mol. The summed E-state index contributed by atoms with van der Waals surface area (Å²) in [6.07, 6.45) is 0. The Hall–Kier alpha value is -1.24. The van der Waals surface area contributed by atoms with Gasteiger partial charge < -0.3 is 0 Å². The monoisotopic (exact) mass is 357 g/mol. The topological polar surface area (TPSA) is 46.2 Å². The van der Waals surface area contributed by atoms with Crippen LogP contribution in [0, 0.1) is 5.82 Å². The van der Waals surface area contributed by atoms with Gasteiger partial charge in [0, 0.05) is 10.5 Å². The number of benzene rings is 2. The van der Waals surface area contributed by atoms with E-state index in [-0.39, 0.29) is 4.90 Å². The largest absolute Gasteiger partial charge is 0.241 e. The molecule has 0 bridgehead atoms. The fraction of sp³-hybridized carbons (Fsp3) is 0.143. The van der Waals surface area contributed by atoms with E-state index < -0.39 is 21.9 Å². The molecule has 0 aliphatic heterocycles. The van der Waals surface area contributed by atoms with Gasteiger partial charge in [-0.3, -0.25) is 0 Å². The molecule has 0 amide bonds. The van der Waals surface area contributed by atoms with Gasteiger partial charge in [0.25, 0.3) is 0 Å². The van der Waals surface area contributed by atoms with Crippen molar-refractivity contribution in [2.24, 2.45) is 0 Å². The lowest BCUT2D eigenvalue weighted by molar-refractivity contribution is 0.564. The van der Waals surface area contributed by atoms with Crippen LogP contribution in [-0.4, -0.2) is 8.42 Å². The van der Waals surface area contributed by atoms with Gasteiger partial charge in [-0.15, -0.1) is 0 Å². The molecule has 0 aliphatic carbocycles. The number of nitrogens with one attached hydrogen (secondary N) is 1. The van der Waals surface area contributed by atoms with Gasteiger partial charge in [0.05, 0.1) is 4.90 Å². The molecule has 2 aromatic rings. The fourth-order valence-electron chi connectivity index (χ4n) is 1.75. The molecule has 0 saturated heterocycles. The molecule has 0 saturated carbocycles. The van der Waals surface area contributed by atoms with Gasteiger partial charge in [-0.1, -0.05) is 34.1 Å². The number of hydrogen-bond acceptors (Lipinski definition) is 2. The van der Waals surface area contributed by atoms with Crippen molar-refractivity contribution in [1.29, 1.82) is 0 Å². The quantitative estimate of drug-likeness (QED) is 0.907. The predicted octanol–water partition coefficient (Wildman–Crippen LogP) is 3.63. The molecular formula is C14H13BrFNO2S. The fourth-order valence-corrected chi connectivity index (χ4v) is 3.28. The van der Waals surface area contributed by atoms with Gasteiger partial charge in [-0.05, 0) is 42.8 Å². The van der Waals surface area contributed by atoms with Crippen molar-refractivity contribution in [2.75, 3.05) is 0 Å². The Morgan fingerprint density at radius 1 is 1.15 bits per heavy atom. The van der Waals surface area contributed by atoms with Crippen molar-refractivity contribution in [3.05, 3.63) is 64.4 Å². The second-order valence-electron chi connectivity index (χ2n) is 4.35. The lowest BCUT2D eigenvalue weighted by atomic mass is 10.1. The molecule has 0 radical (unpaired) electrons. The normalized spacial score (nSPS) is 13.2. The van der Waals surface area contributed by atoms with Crippen LogP contribution in [0.2, 0.25) is 0 Å². The number of sulfonamides is 1. The van der Waals surface area contributed by atoms with Crippen molar-refractivity contribution in [2.45, 2.75) is 17.9 Å². The molecule has 0 fully saturated rings. The highest BCUT2D eigenvalue weighted by Gasteiger charge is 2.18. The van der Waals surface area contributed by atoms with Crippen LogP contribution in [0.1, 0.15) is 18.5 Å². The molecule has 0 spiro atoms. The van der Waals surface area contributed by atoms with Gasteiger partial charge in [0.15, 0.2) is 0 Å². The molecule has 3 nitrogen and oxygen atoms in total. The van der Waals surface area contributed by atoms with Crippen molar-refractivity contribution < 1.29 is 12.8 Å². The molecule has 1 atom stereocenters. The van der Waals surface area contributed by atoms with Crippen LogP contribution in [0.15, 0.2) is 57.9 Å². The number of halogens is 2. The summed E-state index contributed by atoms with van der Waals surface area (Å²) < 4.78 is 40.8. The Balaban J connectivity index is 2.22. The first kappa shape index (κ1) is 15.2. The minimum Gasteiger partial charge on any atom is -0.207 e. The Labute approximate surface area is 126 Å². The summed E-state index contributed by atoms with van der Waals surface area (Å²) in [5, 5.41) is 0. The second kappa shape index (κ2) is 6.03. The van der Waals surface area contributed by atoms with E-state index in [1.165, 1.54) is 18.2 Å². The first-order valence-corrected chi connectivity index (χ1v) is 8.19. The van der Waals surface area contributed by atoms with Crippen LogP contribution < -0.4 is 4.72 Å². The zero-order valence-corrected chi connectivity index (χ0v) is 13.1. The highest BCUT2D eigenvalue weighted by Crippen LogP contribution is 2.19. The van der Waals surface area contributed by atoms with Gasteiger partial charge in [-0.2, -0.15) is 0 Å². The van der Waals surface area contributed by atoms with Crippen molar-refractivity contribution >= 4 is 26.0 Å². The Morgan fingerprint density at radius 2 is 1.80 bits per heavy atom. The highest BCUT2D eigenvalue weighted by atomic mass is 79.9. The lowest BCUT2D eigenvalue weighted by Crippen LogP contribution is -2.26. The van der Waals surface area contributed by atoms with E-state index in [0.717, 1.165) is 16.1 Å². The number of rotatable bonds is 4. The van der Waals surface area contributed by atoms with Crippen LogP contribution in [0.4, 0.5) is 4.39 Å². The van der Waals surface area contributed by atoms with E-state index >= 15 is 0 Å². The lowest BCUT2D eigenvalue weighted by Gasteiger charge is -2.14. The Morgan fingerprint density at radius 3 is 2.40 bits per heavy atom. The van der Waals surface area contributed by atoms with E-state index in [1.807, 2.05) is 24.3 Å².